The van der Waals surface area contributed by atoms with E-state index in [1.807, 2.05) is 28.8 Å². The highest BCUT2D eigenvalue weighted by molar-refractivity contribution is 8.03. The van der Waals surface area contributed by atoms with Gasteiger partial charge in [0.25, 0.3) is 0 Å². The van der Waals surface area contributed by atoms with E-state index in [4.69, 9.17) is 0 Å². The van der Waals surface area contributed by atoms with Gasteiger partial charge in [0.05, 0.1) is 12.1 Å². The molecular weight excluding hydrogens is 158 g/mol. The summed E-state index contributed by atoms with van der Waals surface area (Å²) in [6.07, 6.45) is 5.82. The molecule has 2 heterocycles. The topological polar surface area (TPSA) is 21.1 Å². The van der Waals surface area contributed by atoms with Crippen LogP contribution >= 0.6 is 11.8 Å². The Morgan fingerprint density at radius 3 is 3.09 bits per heavy atom. The van der Waals surface area contributed by atoms with Crippen molar-refractivity contribution in [2.45, 2.75) is 6.92 Å². The molecule has 0 radical (unpaired) electrons. The van der Waals surface area contributed by atoms with Crippen LogP contribution in [0.15, 0.2) is 29.6 Å². The summed E-state index contributed by atoms with van der Waals surface area (Å²) in [5.74, 6) is 0.966. The van der Waals surface area contributed by atoms with Crippen LogP contribution in [0.3, 0.4) is 0 Å². The van der Waals surface area contributed by atoms with Crippen molar-refractivity contribution in [2.24, 2.45) is 0 Å². The van der Waals surface area contributed by atoms with Gasteiger partial charge in [-0.2, -0.15) is 9.89 Å². The summed E-state index contributed by atoms with van der Waals surface area (Å²) in [6, 6.07) is 1.92. The molecule has 0 unspecified atom stereocenters. The molecule has 58 valence electrons. The molecule has 0 bridgehead atoms. The zero-order chi connectivity index (χ0) is 7.68. The van der Waals surface area contributed by atoms with E-state index in [1.165, 1.54) is 4.91 Å². The quantitative estimate of drug-likeness (QED) is 0.630. The van der Waals surface area contributed by atoms with E-state index in [2.05, 4.69) is 23.2 Å². The van der Waals surface area contributed by atoms with Gasteiger partial charge in [0.2, 0.25) is 0 Å². The molecule has 0 amide bonds. The number of allylic oxidation sites excluding steroid dienone is 1. The molecule has 0 atom stereocenters. The first-order valence-electron chi connectivity index (χ1n) is 3.44. The van der Waals surface area contributed by atoms with E-state index in [1.54, 1.807) is 6.20 Å². The van der Waals surface area contributed by atoms with Crippen LogP contribution in [0.5, 0.6) is 0 Å². The van der Waals surface area contributed by atoms with Gasteiger partial charge in [-0.1, -0.05) is 0 Å². The summed E-state index contributed by atoms with van der Waals surface area (Å²) in [4.78, 5) is 3.17. The highest BCUT2D eigenvalue weighted by Crippen LogP contribution is 2.22. The van der Waals surface area contributed by atoms with Gasteiger partial charge in [-0.05, 0) is 13.0 Å². The number of nitrogens with zero attached hydrogens (tertiary/aromatic N) is 3. The van der Waals surface area contributed by atoms with Crippen LogP contribution in [-0.2, 0) is 0 Å². The minimum Gasteiger partial charge on any atom is -0.262 e. The molecule has 0 fully saturated rings. The molecule has 1 aromatic rings. The third-order valence-corrected chi connectivity index (χ3v) is 2.46. The highest BCUT2D eigenvalue weighted by atomic mass is 32.2. The summed E-state index contributed by atoms with van der Waals surface area (Å²) in [6.45, 7) is 2.11. The second-order valence-corrected chi connectivity index (χ2v) is 3.57. The van der Waals surface area contributed by atoms with E-state index in [9.17, 15) is 0 Å². The van der Waals surface area contributed by atoms with Crippen LogP contribution in [-0.4, -0.2) is 15.8 Å². The number of hydrogen-bond donors (Lipinski definition) is 0. The molecule has 0 N–H and O–H groups in total. The van der Waals surface area contributed by atoms with Crippen molar-refractivity contribution < 1.29 is 0 Å². The Kier molecular flexibility index (Phi) is 1.62. The Hall–Kier alpha value is -0.900. The van der Waals surface area contributed by atoms with Gasteiger partial charge in [0, 0.05) is 17.3 Å². The van der Waals surface area contributed by atoms with Crippen molar-refractivity contribution in [3.8, 4) is 0 Å². The minimum absolute atomic E-state index is 0.966. The van der Waals surface area contributed by atoms with Crippen LogP contribution in [0, 0.1) is 0 Å². The van der Waals surface area contributed by atoms with Crippen LogP contribution in [0.4, 0.5) is 0 Å². The molecule has 0 aliphatic carbocycles. The lowest BCUT2D eigenvalue weighted by Gasteiger charge is -2.12. The molecule has 2 rings (SSSR count). The van der Waals surface area contributed by atoms with E-state index < -0.39 is 0 Å². The van der Waals surface area contributed by atoms with Crippen molar-refractivity contribution in [3.05, 3.63) is 29.6 Å². The van der Waals surface area contributed by atoms with Crippen molar-refractivity contribution in [1.82, 2.24) is 9.89 Å². The van der Waals surface area contributed by atoms with Gasteiger partial charge in [-0.25, -0.2) is 0 Å². The van der Waals surface area contributed by atoms with E-state index >= 15 is 0 Å². The second-order valence-electron chi connectivity index (χ2n) is 2.38. The molecular formula is C7H9N3S. The molecule has 1 aromatic heterocycles. The predicted molar refractivity (Wildman–Crippen MR) is 46.7 cm³/mol. The van der Waals surface area contributed by atoms with Crippen molar-refractivity contribution in [1.29, 1.82) is 0 Å². The molecule has 0 saturated carbocycles. The molecule has 0 aromatic carbocycles. The molecule has 11 heavy (non-hydrogen) atoms. The fraction of sp³-hybridized carbons (Fsp3) is 0.286. The smallest absolute Gasteiger partial charge is 0.0906 e. The van der Waals surface area contributed by atoms with Crippen LogP contribution in [0.1, 0.15) is 6.92 Å². The molecule has 0 saturated heterocycles. The molecule has 4 heteroatoms. The Balaban J connectivity index is 2.20. The number of aromatic nitrogens is 2. The first-order valence-corrected chi connectivity index (χ1v) is 4.42. The van der Waals surface area contributed by atoms with Gasteiger partial charge < -0.3 is 0 Å². The van der Waals surface area contributed by atoms with Crippen LogP contribution in [0.25, 0.3) is 0 Å². The SMILES string of the molecule is CC1=CN(n2cccn2)CS1. The summed E-state index contributed by atoms with van der Waals surface area (Å²) < 4.78 is 0. The first kappa shape index (κ1) is 6.79. The lowest BCUT2D eigenvalue weighted by Crippen LogP contribution is -2.26. The lowest BCUT2D eigenvalue weighted by molar-refractivity contribution is 0.658. The summed E-state index contributed by atoms with van der Waals surface area (Å²) in [7, 11) is 0. The Morgan fingerprint density at radius 1 is 1.64 bits per heavy atom. The Morgan fingerprint density at radius 2 is 2.55 bits per heavy atom. The zero-order valence-corrected chi connectivity index (χ0v) is 7.08. The highest BCUT2D eigenvalue weighted by Gasteiger charge is 2.10. The maximum atomic E-state index is 4.12. The maximum absolute atomic E-state index is 4.12. The maximum Gasteiger partial charge on any atom is 0.0906 e. The fourth-order valence-electron chi connectivity index (χ4n) is 0.983. The fourth-order valence-corrected chi connectivity index (χ4v) is 1.71. The summed E-state index contributed by atoms with van der Waals surface area (Å²) in [5.41, 5.74) is 0. The van der Waals surface area contributed by atoms with Gasteiger partial charge in [-0.15, -0.1) is 11.8 Å². The number of thioether (sulfide) groups is 1. The number of hydrogen-bond acceptors (Lipinski definition) is 3. The van der Waals surface area contributed by atoms with Gasteiger partial charge in [0.1, 0.15) is 0 Å². The second kappa shape index (κ2) is 2.62. The predicted octanol–water partition coefficient (Wildman–Crippen LogP) is 1.39. The standard InChI is InChI=1S/C7H9N3S/c1-7-5-9(6-11-7)10-4-2-3-8-10/h2-5H,6H2,1H3. The van der Waals surface area contributed by atoms with Crippen LogP contribution in [0.2, 0.25) is 0 Å². The van der Waals surface area contributed by atoms with E-state index in [0.29, 0.717) is 0 Å². The largest absolute Gasteiger partial charge is 0.262 e. The van der Waals surface area contributed by atoms with Crippen molar-refractivity contribution in [3.63, 3.8) is 0 Å². The number of rotatable bonds is 1. The molecule has 3 nitrogen and oxygen atoms in total. The van der Waals surface area contributed by atoms with E-state index in [0.717, 1.165) is 5.88 Å². The summed E-state index contributed by atoms with van der Waals surface area (Å²) in [5, 5.41) is 6.19. The first-order chi connectivity index (χ1) is 5.36. The average Bonchev–Trinajstić information content (AvgIpc) is 2.55. The third-order valence-electron chi connectivity index (χ3n) is 1.51. The summed E-state index contributed by atoms with van der Waals surface area (Å²) >= 11 is 1.83. The zero-order valence-electron chi connectivity index (χ0n) is 6.27. The average molecular weight is 167 g/mol. The monoisotopic (exact) mass is 167 g/mol. The lowest BCUT2D eigenvalue weighted by atomic mass is 10.7. The van der Waals surface area contributed by atoms with Gasteiger partial charge in [-0.3, -0.25) is 5.01 Å². The van der Waals surface area contributed by atoms with Gasteiger partial charge in [0.15, 0.2) is 0 Å². The molecule has 1 aliphatic rings. The minimum atomic E-state index is 0.966. The third kappa shape index (κ3) is 1.26. The van der Waals surface area contributed by atoms with Crippen molar-refractivity contribution >= 4 is 11.8 Å². The van der Waals surface area contributed by atoms with E-state index in [-0.39, 0.29) is 0 Å². The normalized spacial score (nSPS) is 17.2. The molecule has 0 spiro atoms. The van der Waals surface area contributed by atoms with Crippen LogP contribution < -0.4 is 5.01 Å². The van der Waals surface area contributed by atoms with Crippen molar-refractivity contribution in [2.75, 3.05) is 10.9 Å². The Bertz CT molecular complexity index is 265. The Labute approximate surface area is 69.7 Å². The molecule has 1 aliphatic heterocycles. The van der Waals surface area contributed by atoms with Gasteiger partial charge >= 0.3 is 0 Å².